The lowest BCUT2D eigenvalue weighted by Crippen LogP contribution is -2.57. The highest BCUT2D eigenvalue weighted by molar-refractivity contribution is 9.10. The summed E-state index contributed by atoms with van der Waals surface area (Å²) < 4.78 is 6.61. The SMILES string of the molecule is CC1C=c2c(c(Br)cc3nc(Cl)nc(N4CC5CCC(C4)N5C(=O)OC(C)(C)C)c23)=NC1C. The number of carbonyl (C=O) groups excluding carboxylic acids is 1. The molecule has 0 spiro atoms. The van der Waals surface area contributed by atoms with Crippen LogP contribution < -0.4 is 15.5 Å². The first-order chi connectivity index (χ1) is 15.5. The number of aromatic nitrogens is 2. The summed E-state index contributed by atoms with van der Waals surface area (Å²) in [5.41, 5.74) is 0.287. The molecule has 0 radical (unpaired) electrons. The number of amides is 1. The van der Waals surface area contributed by atoms with E-state index in [4.69, 9.17) is 26.3 Å². The molecule has 2 aromatic rings. The van der Waals surface area contributed by atoms with Crippen molar-refractivity contribution in [3.63, 3.8) is 0 Å². The van der Waals surface area contributed by atoms with Gasteiger partial charge in [-0.1, -0.05) is 13.0 Å². The van der Waals surface area contributed by atoms with E-state index in [0.29, 0.717) is 19.0 Å². The van der Waals surface area contributed by atoms with Crippen molar-refractivity contribution in [2.24, 2.45) is 10.9 Å². The summed E-state index contributed by atoms with van der Waals surface area (Å²) in [7, 11) is 0. The largest absolute Gasteiger partial charge is 0.444 e. The minimum atomic E-state index is -0.510. The van der Waals surface area contributed by atoms with Crippen LogP contribution >= 0.6 is 27.5 Å². The molecule has 2 fully saturated rings. The molecule has 1 amide bonds. The van der Waals surface area contributed by atoms with E-state index >= 15 is 0 Å². The van der Waals surface area contributed by atoms with Gasteiger partial charge in [0.25, 0.3) is 0 Å². The average molecular weight is 535 g/mol. The summed E-state index contributed by atoms with van der Waals surface area (Å²) in [5, 5.41) is 3.19. The van der Waals surface area contributed by atoms with Gasteiger partial charge >= 0.3 is 6.09 Å². The van der Waals surface area contributed by atoms with Gasteiger partial charge in [-0.25, -0.2) is 9.78 Å². The van der Waals surface area contributed by atoms with Crippen molar-refractivity contribution < 1.29 is 9.53 Å². The average Bonchev–Trinajstić information content (AvgIpc) is 2.97. The van der Waals surface area contributed by atoms with Gasteiger partial charge in [0, 0.05) is 22.8 Å². The molecule has 2 saturated heterocycles. The molecule has 7 nitrogen and oxygen atoms in total. The second kappa shape index (κ2) is 8.08. The number of benzene rings is 1. The van der Waals surface area contributed by atoms with Crippen LogP contribution in [0.25, 0.3) is 17.0 Å². The Morgan fingerprint density at radius 2 is 1.85 bits per heavy atom. The number of rotatable bonds is 1. The molecule has 2 bridgehead atoms. The zero-order valence-electron chi connectivity index (χ0n) is 19.6. The molecule has 9 heteroatoms. The van der Waals surface area contributed by atoms with Crippen LogP contribution in [-0.4, -0.2) is 57.8 Å². The fourth-order valence-electron chi connectivity index (χ4n) is 5.17. The molecule has 4 atom stereocenters. The Morgan fingerprint density at radius 1 is 1.18 bits per heavy atom. The van der Waals surface area contributed by atoms with E-state index in [0.717, 1.165) is 44.6 Å². The molecule has 4 unspecified atom stereocenters. The fourth-order valence-corrected chi connectivity index (χ4v) is 5.87. The Hall–Kier alpha value is -1.93. The molecule has 3 aliphatic heterocycles. The topological polar surface area (TPSA) is 70.9 Å². The number of anilines is 1. The van der Waals surface area contributed by atoms with Crippen molar-refractivity contribution in [1.29, 1.82) is 0 Å². The summed E-state index contributed by atoms with van der Waals surface area (Å²) in [6.45, 7) is 11.4. The van der Waals surface area contributed by atoms with Crippen molar-refractivity contribution in [2.45, 2.75) is 71.2 Å². The quantitative estimate of drug-likeness (QED) is 0.516. The first-order valence-corrected chi connectivity index (χ1v) is 12.7. The fraction of sp³-hybridized carbons (Fsp3) is 0.583. The highest BCUT2D eigenvalue weighted by Crippen LogP contribution is 2.35. The Morgan fingerprint density at radius 3 is 2.48 bits per heavy atom. The number of carbonyl (C=O) groups is 1. The maximum absolute atomic E-state index is 12.9. The predicted octanol–water partition coefficient (Wildman–Crippen LogP) is 4.07. The molecule has 4 heterocycles. The van der Waals surface area contributed by atoms with E-state index in [9.17, 15) is 4.79 Å². The van der Waals surface area contributed by atoms with E-state index in [-0.39, 0.29) is 29.5 Å². The third-order valence-corrected chi connectivity index (χ3v) is 7.59. The minimum Gasteiger partial charge on any atom is -0.444 e. The monoisotopic (exact) mass is 533 g/mol. The van der Waals surface area contributed by atoms with Gasteiger partial charge < -0.3 is 9.64 Å². The van der Waals surface area contributed by atoms with Gasteiger partial charge in [0.05, 0.1) is 34.4 Å². The molecule has 1 aromatic carbocycles. The molecular weight excluding hydrogens is 506 g/mol. The van der Waals surface area contributed by atoms with Gasteiger partial charge in [-0.15, -0.1) is 0 Å². The lowest BCUT2D eigenvalue weighted by Gasteiger charge is -2.42. The number of hydrogen-bond donors (Lipinski definition) is 0. The zero-order chi connectivity index (χ0) is 23.7. The van der Waals surface area contributed by atoms with Gasteiger partial charge in [-0.05, 0) is 80.1 Å². The predicted molar refractivity (Wildman–Crippen MR) is 133 cm³/mol. The Kier molecular flexibility index (Phi) is 5.59. The lowest BCUT2D eigenvalue weighted by atomic mass is 9.97. The van der Waals surface area contributed by atoms with Crippen LogP contribution in [0.5, 0.6) is 0 Å². The minimum absolute atomic E-state index is 0.0845. The van der Waals surface area contributed by atoms with Crippen LogP contribution in [0.3, 0.4) is 0 Å². The first-order valence-electron chi connectivity index (χ1n) is 11.5. The number of nitrogens with zero attached hydrogens (tertiary/aromatic N) is 5. The van der Waals surface area contributed by atoms with Crippen molar-refractivity contribution >= 4 is 56.4 Å². The molecule has 5 rings (SSSR count). The van der Waals surface area contributed by atoms with Gasteiger partial charge in [0.2, 0.25) is 5.28 Å². The van der Waals surface area contributed by atoms with E-state index < -0.39 is 5.60 Å². The third kappa shape index (κ3) is 4.09. The standard InChI is InChI=1S/C24H29BrClN5O2/c1-12-8-16-19-18(9-17(25)20(16)27-13(12)2)28-22(26)29-21(19)30-10-14-6-7-15(11-30)31(14)23(32)33-24(3,4)5/h8-9,12-15H,6-7,10-11H2,1-5H3. The van der Waals surface area contributed by atoms with Crippen LogP contribution in [0.4, 0.5) is 10.6 Å². The maximum atomic E-state index is 12.9. The zero-order valence-corrected chi connectivity index (χ0v) is 21.9. The molecule has 0 saturated carbocycles. The van der Waals surface area contributed by atoms with E-state index in [1.807, 2.05) is 31.7 Å². The second-order valence-corrected chi connectivity index (χ2v) is 11.6. The summed E-state index contributed by atoms with van der Waals surface area (Å²) in [5.74, 6) is 1.13. The summed E-state index contributed by atoms with van der Waals surface area (Å²) in [4.78, 5) is 31.3. The smallest absolute Gasteiger partial charge is 0.410 e. The van der Waals surface area contributed by atoms with Crippen LogP contribution in [0, 0.1) is 5.92 Å². The van der Waals surface area contributed by atoms with Crippen LogP contribution in [0.1, 0.15) is 47.5 Å². The Balaban J connectivity index is 1.59. The van der Waals surface area contributed by atoms with E-state index in [2.05, 4.69) is 45.7 Å². The van der Waals surface area contributed by atoms with Gasteiger partial charge in [-0.2, -0.15) is 4.98 Å². The van der Waals surface area contributed by atoms with Gasteiger partial charge in [0.1, 0.15) is 11.4 Å². The first kappa shape index (κ1) is 22.8. The van der Waals surface area contributed by atoms with Crippen molar-refractivity contribution in [2.75, 3.05) is 18.0 Å². The summed E-state index contributed by atoms with van der Waals surface area (Å²) in [6, 6.07) is 2.36. The van der Waals surface area contributed by atoms with Crippen molar-refractivity contribution in [1.82, 2.24) is 14.9 Å². The highest BCUT2D eigenvalue weighted by Gasteiger charge is 2.45. The Bertz CT molecular complexity index is 1250. The second-order valence-electron chi connectivity index (χ2n) is 10.4. The molecule has 1 aromatic heterocycles. The lowest BCUT2D eigenvalue weighted by molar-refractivity contribution is 0.0123. The summed E-state index contributed by atoms with van der Waals surface area (Å²) >= 11 is 10.1. The van der Waals surface area contributed by atoms with E-state index in [1.165, 1.54) is 0 Å². The van der Waals surface area contributed by atoms with Crippen molar-refractivity contribution in [3.05, 3.63) is 26.4 Å². The molecule has 0 aliphatic carbocycles. The van der Waals surface area contributed by atoms with Crippen molar-refractivity contribution in [3.8, 4) is 0 Å². The maximum Gasteiger partial charge on any atom is 0.410 e. The van der Waals surface area contributed by atoms with Gasteiger partial charge in [-0.3, -0.25) is 9.89 Å². The molecule has 0 N–H and O–H groups in total. The van der Waals surface area contributed by atoms with Gasteiger partial charge in [0.15, 0.2) is 0 Å². The van der Waals surface area contributed by atoms with Crippen LogP contribution in [-0.2, 0) is 4.74 Å². The number of piperazine rings is 1. The third-order valence-electron chi connectivity index (χ3n) is 6.81. The normalized spacial score (nSPS) is 26.6. The molecule has 176 valence electrons. The molecule has 3 aliphatic rings. The number of hydrogen-bond acceptors (Lipinski definition) is 6. The Labute approximate surface area is 207 Å². The molecule has 33 heavy (non-hydrogen) atoms. The number of ether oxygens (including phenoxy) is 1. The number of halogens is 2. The number of fused-ring (bicyclic) bond motifs is 5. The van der Waals surface area contributed by atoms with Crippen LogP contribution in [0.2, 0.25) is 5.28 Å². The van der Waals surface area contributed by atoms with E-state index in [1.54, 1.807) is 0 Å². The highest BCUT2D eigenvalue weighted by atomic mass is 79.9. The summed E-state index contributed by atoms with van der Waals surface area (Å²) in [6.07, 6.45) is 3.96. The van der Waals surface area contributed by atoms with Crippen LogP contribution in [0.15, 0.2) is 15.5 Å². The molecular formula is C24H29BrClN5O2.